The molecule has 2 amide bonds. The highest BCUT2D eigenvalue weighted by Gasteiger charge is 2.35. The highest BCUT2D eigenvalue weighted by molar-refractivity contribution is 7.89. The molecule has 2 aromatic heterocycles. The molecular weight excluding hydrogens is 496 g/mol. The molecule has 1 fully saturated rings. The largest absolute Gasteiger partial charge is 0.451 e. The van der Waals surface area contributed by atoms with Crippen LogP contribution in [0.2, 0.25) is 0 Å². The zero-order valence-electron chi connectivity index (χ0n) is 20.8. The number of amides is 2. The maximum absolute atomic E-state index is 13.2. The predicted octanol–water partition coefficient (Wildman–Crippen LogP) is 2.30. The lowest BCUT2D eigenvalue weighted by Crippen LogP contribution is -2.54. The van der Waals surface area contributed by atoms with E-state index in [1.807, 2.05) is 32.0 Å². The molecule has 3 heterocycles. The SMILES string of the molecule is CC(C)C[C@H](NC(=O)c1cc2ccccc2o1)C(=O)N[C@H]1CCCN(S(=O)(=O)c2ccccn2)C[C@@H]1O. The summed E-state index contributed by atoms with van der Waals surface area (Å²) in [4.78, 5) is 30.1. The van der Waals surface area contributed by atoms with Gasteiger partial charge in [-0.2, -0.15) is 4.31 Å². The number of aliphatic hydroxyl groups is 1. The number of para-hydroxylation sites is 1. The van der Waals surface area contributed by atoms with Crippen molar-refractivity contribution in [2.45, 2.75) is 56.3 Å². The molecule has 3 aromatic rings. The number of sulfonamides is 1. The van der Waals surface area contributed by atoms with E-state index in [4.69, 9.17) is 4.42 Å². The average Bonchev–Trinajstić information content (AvgIpc) is 3.23. The summed E-state index contributed by atoms with van der Waals surface area (Å²) in [5.74, 6) is -0.744. The first-order valence-corrected chi connectivity index (χ1v) is 13.8. The summed E-state index contributed by atoms with van der Waals surface area (Å²) in [6, 6.07) is 12.0. The third-order valence-corrected chi connectivity index (χ3v) is 8.11. The van der Waals surface area contributed by atoms with Gasteiger partial charge in [0, 0.05) is 24.7 Å². The van der Waals surface area contributed by atoms with Gasteiger partial charge in [0.15, 0.2) is 10.8 Å². The number of pyridine rings is 1. The topological polar surface area (TPSA) is 142 Å². The van der Waals surface area contributed by atoms with Gasteiger partial charge in [-0.25, -0.2) is 13.4 Å². The number of carbonyl (C=O) groups is 2. The fraction of sp³-hybridized carbons (Fsp3) is 0.423. The van der Waals surface area contributed by atoms with Crippen LogP contribution in [0, 0.1) is 5.92 Å². The van der Waals surface area contributed by atoms with Crippen molar-refractivity contribution in [1.29, 1.82) is 0 Å². The van der Waals surface area contributed by atoms with Gasteiger partial charge in [-0.05, 0) is 49.4 Å². The molecule has 0 bridgehead atoms. The van der Waals surface area contributed by atoms with E-state index in [-0.39, 0.29) is 29.8 Å². The Morgan fingerprint density at radius 1 is 1.19 bits per heavy atom. The molecule has 1 aromatic carbocycles. The number of furan rings is 1. The summed E-state index contributed by atoms with van der Waals surface area (Å²) in [6.07, 6.45) is 1.47. The summed E-state index contributed by atoms with van der Waals surface area (Å²) in [5.41, 5.74) is 0.573. The summed E-state index contributed by atoms with van der Waals surface area (Å²) >= 11 is 0. The van der Waals surface area contributed by atoms with Gasteiger partial charge in [0.25, 0.3) is 15.9 Å². The highest BCUT2D eigenvalue weighted by atomic mass is 32.2. The van der Waals surface area contributed by atoms with E-state index in [0.717, 1.165) is 5.39 Å². The summed E-state index contributed by atoms with van der Waals surface area (Å²) in [7, 11) is -3.88. The first kappa shape index (κ1) is 26.8. The maximum atomic E-state index is 13.2. The van der Waals surface area contributed by atoms with Gasteiger partial charge in [-0.1, -0.05) is 38.1 Å². The Kier molecular flexibility index (Phi) is 8.25. The monoisotopic (exact) mass is 528 g/mol. The Morgan fingerprint density at radius 2 is 1.95 bits per heavy atom. The second kappa shape index (κ2) is 11.4. The van der Waals surface area contributed by atoms with Crippen LogP contribution in [0.4, 0.5) is 0 Å². The Hall–Kier alpha value is -3.28. The summed E-state index contributed by atoms with van der Waals surface area (Å²) in [6.45, 7) is 3.90. The Bertz CT molecular complexity index is 1310. The standard InChI is InChI=1S/C26H32N4O6S/c1-17(2)14-20(29-26(33)23-15-18-8-3-4-10-22(18)36-23)25(32)28-19-9-7-13-30(16-21(19)31)37(34,35)24-11-5-6-12-27-24/h3-6,8,10-12,15,17,19-21,31H,7,9,13-14,16H2,1-2H3,(H,28,32)(H,29,33)/t19-,20-,21-/m0/s1. The van der Waals surface area contributed by atoms with Crippen LogP contribution < -0.4 is 10.6 Å². The minimum Gasteiger partial charge on any atom is -0.451 e. The number of carbonyl (C=O) groups excluding carboxylic acids is 2. The molecule has 10 nitrogen and oxygen atoms in total. The third-order valence-electron chi connectivity index (χ3n) is 6.33. The molecular formula is C26H32N4O6S. The van der Waals surface area contributed by atoms with E-state index in [2.05, 4.69) is 15.6 Å². The van der Waals surface area contributed by atoms with Gasteiger partial charge in [-0.3, -0.25) is 9.59 Å². The predicted molar refractivity (Wildman–Crippen MR) is 137 cm³/mol. The van der Waals surface area contributed by atoms with Crippen LogP contribution in [-0.4, -0.2) is 65.9 Å². The van der Waals surface area contributed by atoms with Gasteiger partial charge in [0.2, 0.25) is 5.91 Å². The quantitative estimate of drug-likeness (QED) is 0.407. The van der Waals surface area contributed by atoms with Crippen molar-refractivity contribution in [2.75, 3.05) is 13.1 Å². The number of aromatic nitrogens is 1. The summed E-state index contributed by atoms with van der Waals surface area (Å²) in [5, 5.41) is 17.1. The van der Waals surface area contributed by atoms with Gasteiger partial charge >= 0.3 is 0 Å². The lowest BCUT2D eigenvalue weighted by molar-refractivity contribution is -0.125. The van der Waals surface area contributed by atoms with Crippen LogP contribution in [0.5, 0.6) is 0 Å². The van der Waals surface area contributed by atoms with Gasteiger partial charge < -0.3 is 20.2 Å². The van der Waals surface area contributed by atoms with E-state index in [9.17, 15) is 23.1 Å². The van der Waals surface area contributed by atoms with Crippen molar-refractivity contribution in [3.8, 4) is 0 Å². The molecule has 1 saturated heterocycles. The number of benzene rings is 1. The van der Waals surface area contributed by atoms with E-state index >= 15 is 0 Å². The lowest BCUT2D eigenvalue weighted by atomic mass is 10.0. The fourth-order valence-electron chi connectivity index (χ4n) is 4.44. The van der Waals surface area contributed by atoms with E-state index < -0.39 is 40.0 Å². The molecule has 11 heteroatoms. The molecule has 198 valence electrons. The van der Waals surface area contributed by atoms with Crippen molar-refractivity contribution in [3.63, 3.8) is 0 Å². The molecule has 0 saturated carbocycles. The molecule has 0 aliphatic carbocycles. The van der Waals surface area contributed by atoms with Gasteiger partial charge in [0.05, 0.1) is 12.1 Å². The fourth-order valence-corrected chi connectivity index (χ4v) is 5.86. The van der Waals surface area contributed by atoms with Crippen molar-refractivity contribution >= 4 is 32.8 Å². The molecule has 0 radical (unpaired) electrons. The second-order valence-electron chi connectivity index (χ2n) is 9.66. The Labute approximate surface area is 216 Å². The third kappa shape index (κ3) is 6.35. The molecule has 1 aliphatic heterocycles. The number of fused-ring (bicyclic) bond motifs is 1. The molecule has 4 rings (SSSR count). The smallest absolute Gasteiger partial charge is 0.287 e. The van der Waals surface area contributed by atoms with Crippen LogP contribution >= 0.6 is 0 Å². The van der Waals surface area contributed by atoms with Gasteiger partial charge in [-0.15, -0.1) is 0 Å². The van der Waals surface area contributed by atoms with Crippen molar-refractivity contribution in [1.82, 2.24) is 19.9 Å². The molecule has 0 spiro atoms. The number of nitrogens with one attached hydrogen (secondary N) is 2. The zero-order valence-corrected chi connectivity index (χ0v) is 21.6. The van der Waals surface area contributed by atoms with E-state index in [1.54, 1.807) is 24.3 Å². The first-order chi connectivity index (χ1) is 17.6. The Morgan fingerprint density at radius 3 is 2.65 bits per heavy atom. The first-order valence-electron chi connectivity index (χ1n) is 12.3. The maximum Gasteiger partial charge on any atom is 0.287 e. The second-order valence-corrected chi connectivity index (χ2v) is 11.5. The van der Waals surface area contributed by atoms with Crippen LogP contribution in [0.1, 0.15) is 43.7 Å². The summed E-state index contributed by atoms with van der Waals surface area (Å²) < 4.78 is 32.8. The Balaban J connectivity index is 1.43. The number of hydrogen-bond acceptors (Lipinski definition) is 7. The number of hydrogen-bond donors (Lipinski definition) is 3. The number of β-amino-alcohol motifs (C(OH)–C–C–N with tert-alkyl or cyclic N) is 1. The van der Waals surface area contributed by atoms with Gasteiger partial charge in [0.1, 0.15) is 11.6 Å². The average molecular weight is 529 g/mol. The molecule has 1 aliphatic rings. The number of nitrogens with zero attached hydrogens (tertiary/aromatic N) is 2. The number of rotatable bonds is 8. The zero-order chi connectivity index (χ0) is 26.6. The van der Waals surface area contributed by atoms with Crippen molar-refractivity contribution in [2.24, 2.45) is 5.92 Å². The van der Waals surface area contributed by atoms with E-state index in [1.165, 1.54) is 16.6 Å². The van der Waals surface area contributed by atoms with Crippen LogP contribution in [0.3, 0.4) is 0 Å². The molecule has 37 heavy (non-hydrogen) atoms. The van der Waals surface area contributed by atoms with Crippen LogP contribution in [-0.2, 0) is 14.8 Å². The van der Waals surface area contributed by atoms with Crippen molar-refractivity contribution in [3.05, 3.63) is 60.5 Å². The normalized spacial score (nSPS) is 19.9. The number of aliphatic hydroxyl groups excluding tert-OH is 1. The van der Waals surface area contributed by atoms with Crippen LogP contribution in [0.25, 0.3) is 11.0 Å². The minimum atomic E-state index is -3.88. The van der Waals surface area contributed by atoms with Crippen LogP contribution in [0.15, 0.2) is 64.2 Å². The highest BCUT2D eigenvalue weighted by Crippen LogP contribution is 2.21. The molecule has 0 unspecified atom stereocenters. The molecule has 3 N–H and O–H groups in total. The van der Waals surface area contributed by atoms with E-state index in [0.29, 0.717) is 24.8 Å². The lowest BCUT2D eigenvalue weighted by Gasteiger charge is -2.27. The minimum absolute atomic E-state index is 0.0880. The van der Waals surface area contributed by atoms with Crippen molar-refractivity contribution < 1.29 is 27.5 Å². The molecule has 3 atom stereocenters.